The number of methoxy groups -OCH3 is 1. The van der Waals surface area contributed by atoms with Gasteiger partial charge in [0.25, 0.3) is 5.91 Å². The average Bonchev–Trinajstić information content (AvgIpc) is 3.37. The van der Waals surface area contributed by atoms with Gasteiger partial charge in [-0.1, -0.05) is 51.1 Å². The lowest BCUT2D eigenvalue weighted by atomic mass is 9.91. The van der Waals surface area contributed by atoms with Gasteiger partial charge < -0.3 is 14.4 Å². The van der Waals surface area contributed by atoms with Crippen LogP contribution in [0.15, 0.2) is 59.7 Å². The van der Waals surface area contributed by atoms with Crippen molar-refractivity contribution in [2.45, 2.75) is 39.7 Å². The third-order valence-corrected chi connectivity index (χ3v) is 6.92. The predicted molar refractivity (Wildman–Crippen MR) is 148 cm³/mol. The summed E-state index contributed by atoms with van der Waals surface area (Å²) >= 11 is 0. The molecule has 0 N–H and O–H groups in total. The van der Waals surface area contributed by atoms with E-state index in [1.54, 1.807) is 17.0 Å². The van der Waals surface area contributed by atoms with Crippen molar-refractivity contribution in [3.05, 3.63) is 65.7 Å². The van der Waals surface area contributed by atoms with Gasteiger partial charge in [-0.2, -0.15) is 5.10 Å². The third-order valence-electron chi connectivity index (χ3n) is 6.92. The van der Waals surface area contributed by atoms with Crippen LogP contribution in [-0.4, -0.2) is 85.4 Å². The summed E-state index contributed by atoms with van der Waals surface area (Å²) in [7, 11) is 1.64. The summed E-state index contributed by atoms with van der Waals surface area (Å²) in [5, 5.41) is 6.39. The molecular formula is C30H40N4O4. The Morgan fingerprint density at radius 2 is 1.74 bits per heavy atom. The molecule has 0 saturated carbocycles. The van der Waals surface area contributed by atoms with Crippen molar-refractivity contribution in [3.8, 4) is 5.75 Å². The van der Waals surface area contributed by atoms with Gasteiger partial charge in [0.15, 0.2) is 0 Å². The molecule has 2 aliphatic rings. The zero-order valence-corrected chi connectivity index (χ0v) is 23.1. The summed E-state index contributed by atoms with van der Waals surface area (Å²) in [5.41, 5.74) is 2.65. The fourth-order valence-electron chi connectivity index (χ4n) is 4.81. The van der Waals surface area contributed by atoms with Crippen LogP contribution >= 0.6 is 0 Å². The Hall–Kier alpha value is -3.23. The van der Waals surface area contributed by atoms with Crippen molar-refractivity contribution in [3.63, 3.8) is 0 Å². The second-order valence-corrected chi connectivity index (χ2v) is 11.2. The van der Waals surface area contributed by atoms with Gasteiger partial charge in [-0.3, -0.25) is 14.5 Å². The molecule has 8 nitrogen and oxygen atoms in total. The Morgan fingerprint density at radius 3 is 2.37 bits per heavy atom. The molecule has 2 heterocycles. The van der Waals surface area contributed by atoms with Crippen molar-refractivity contribution < 1.29 is 19.1 Å². The first-order valence-corrected chi connectivity index (χ1v) is 13.4. The minimum Gasteiger partial charge on any atom is -0.497 e. The number of amides is 2. The number of carbonyl (C=O) groups is 2. The van der Waals surface area contributed by atoms with Crippen LogP contribution in [0.2, 0.25) is 0 Å². The monoisotopic (exact) mass is 520 g/mol. The molecule has 4 rings (SSSR count). The van der Waals surface area contributed by atoms with E-state index < -0.39 is 0 Å². The molecule has 2 aromatic rings. The molecule has 8 heteroatoms. The maximum atomic E-state index is 13.8. The molecular weight excluding hydrogens is 480 g/mol. The summed E-state index contributed by atoms with van der Waals surface area (Å²) in [6, 6.07) is 17.5. The Bertz CT molecular complexity index is 1110. The van der Waals surface area contributed by atoms with Gasteiger partial charge in [0.05, 0.1) is 32.1 Å². The van der Waals surface area contributed by atoms with Gasteiger partial charge in [-0.05, 0) is 40.8 Å². The van der Waals surface area contributed by atoms with Crippen molar-refractivity contribution in [1.82, 2.24) is 14.8 Å². The van der Waals surface area contributed by atoms with Gasteiger partial charge >= 0.3 is 0 Å². The number of rotatable bonds is 9. The number of morpholine rings is 1. The molecule has 1 saturated heterocycles. The van der Waals surface area contributed by atoms with E-state index in [9.17, 15) is 9.59 Å². The van der Waals surface area contributed by atoms with Crippen molar-refractivity contribution >= 4 is 17.5 Å². The Morgan fingerprint density at radius 1 is 1.05 bits per heavy atom. The standard InChI is InChI=1S/C30H40N4O4/c1-30(2,3)21-28(35)33(15-14-32-16-18-38-19-17-32)22-29(36)34-27(24-8-6-5-7-9-24)20-26(31-34)23-10-12-25(37-4)13-11-23/h5-13,27H,14-22H2,1-4H3. The second-order valence-electron chi connectivity index (χ2n) is 11.2. The molecule has 204 valence electrons. The highest BCUT2D eigenvalue weighted by Crippen LogP contribution is 2.33. The van der Waals surface area contributed by atoms with Crippen LogP contribution in [0.5, 0.6) is 5.75 Å². The van der Waals surface area contributed by atoms with Crippen LogP contribution in [0.1, 0.15) is 50.8 Å². The van der Waals surface area contributed by atoms with Gasteiger partial charge in [0.1, 0.15) is 12.3 Å². The lowest BCUT2D eigenvalue weighted by molar-refractivity contribution is -0.142. The molecule has 0 bridgehead atoms. The maximum Gasteiger partial charge on any atom is 0.262 e. The molecule has 1 fully saturated rings. The van der Waals surface area contributed by atoms with E-state index in [-0.39, 0.29) is 29.8 Å². The number of hydrazone groups is 1. The molecule has 38 heavy (non-hydrogen) atoms. The summed E-state index contributed by atoms with van der Waals surface area (Å²) in [4.78, 5) is 31.2. The molecule has 2 aromatic carbocycles. The predicted octanol–water partition coefficient (Wildman–Crippen LogP) is 3.97. The molecule has 0 spiro atoms. The Balaban J connectivity index is 1.55. The second kappa shape index (κ2) is 12.5. The maximum absolute atomic E-state index is 13.8. The summed E-state index contributed by atoms with van der Waals surface area (Å²) in [6.07, 6.45) is 0.984. The van der Waals surface area contributed by atoms with E-state index in [0.717, 1.165) is 42.2 Å². The van der Waals surface area contributed by atoms with E-state index in [0.29, 0.717) is 32.6 Å². The molecule has 0 aromatic heterocycles. The first-order valence-electron chi connectivity index (χ1n) is 13.4. The number of hydrogen-bond donors (Lipinski definition) is 0. The van der Waals surface area contributed by atoms with Crippen molar-refractivity contribution in [2.24, 2.45) is 10.5 Å². The van der Waals surface area contributed by atoms with Crippen LogP contribution in [0, 0.1) is 5.41 Å². The minimum atomic E-state index is -0.223. The van der Waals surface area contributed by atoms with Crippen molar-refractivity contribution in [1.29, 1.82) is 0 Å². The quantitative estimate of drug-likeness (QED) is 0.500. The topological polar surface area (TPSA) is 74.7 Å². The van der Waals surface area contributed by atoms with Crippen LogP contribution in [0.4, 0.5) is 0 Å². The third kappa shape index (κ3) is 7.42. The van der Waals surface area contributed by atoms with Gasteiger partial charge in [0.2, 0.25) is 5.91 Å². The highest BCUT2D eigenvalue weighted by atomic mass is 16.5. The number of carbonyl (C=O) groups excluding carboxylic acids is 2. The summed E-state index contributed by atoms with van der Waals surface area (Å²) in [5.74, 6) is 0.591. The molecule has 0 aliphatic carbocycles. The molecule has 2 amide bonds. The SMILES string of the molecule is COc1ccc(C2=NN(C(=O)CN(CCN3CCOCC3)C(=O)CC(C)(C)C)C(c3ccccc3)C2)cc1. The van der Waals surface area contributed by atoms with Gasteiger partial charge in [0, 0.05) is 39.0 Å². The number of benzene rings is 2. The average molecular weight is 521 g/mol. The highest BCUT2D eigenvalue weighted by molar-refractivity contribution is 6.03. The lowest BCUT2D eigenvalue weighted by Gasteiger charge is -2.32. The molecule has 1 atom stereocenters. The Labute approximate surface area is 226 Å². The summed E-state index contributed by atoms with van der Waals surface area (Å²) < 4.78 is 10.8. The van der Waals surface area contributed by atoms with Gasteiger partial charge in [-0.25, -0.2) is 5.01 Å². The molecule has 1 unspecified atom stereocenters. The minimum absolute atomic E-state index is 0.00196. The van der Waals surface area contributed by atoms with E-state index in [1.807, 2.05) is 75.4 Å². The fourth-order valence-corrected chi connectivity index (χ4v) is 4.81. The Kier molecular flexibility index (Phi) is 9.17. The first-order chi connectivity index (χ1) is 18.2. The summed E-state index contributed by atoms with van der Waals surface area (Å²) in [6.45, 7) is 10.4. The largest absolute Gasteiger partial charge is 0.497 e. The van der Waals surface area contributed by atoms with Crippen LogP contribution in [0.25, 0.3) is 0 Å². The smallest absolute Gasteiger partial charge is 0.262 e. The highest BCUT2D eigenvalue weighted by Gasteiger charge is 2.35. The zero-order valence-electron chi connectivity index (χ0n) is 23.1. The van der Waals surface area contributed by atoms with E-state index >= 15 is 0 Å². The van der Waals surface area contributed by atoms with Crippen LogP contribution in [-0.2, 0) is 14.3 Å². The fraction of sp³-hybridized carbons (Fsp3) is 0.500. The van der Waals surface area contributed by atoms with Crippen LogP contribution in [0.3, 0.4) is 0 Å². The van der Waals surface area contributed by atoms with Gasteiger partial charge in [-0.15, -0.1) is 0 Å². The van der Waals surface area contributed by atoms with Crippen molar-refractivity contribution in [2.75, 3.05) is 53.0 Å². The number of hydrogen-bond acceptors (Lipinski definition) is 6. The first kappa shape index (κ1) is 27.8. The molecule has 2 aliphatic heterocycles. The van der Waals surface area contributed by atoms with E-state index in [4.69, 9.17) is 14.6 Å². The van der Waals surface area contributed by atoms with E-state index in [2.05, 4.69) is 4.90 Å². The van der Waals surface area contributed by atoms with E-state index in [1.165, 1.54) is 0 Å². The zero-order chi connectivity index (χ0) is 27.1. The van der Waals surface area contributed by atoms with Crippen LogP contribution < -0.4 is 4.74 Å². The normalized spacial score (nSPS) is 18.3. The lowest BCUT2D eigenvalue weighted by Crippen LogP contribution is -2.47. The number of nitrogens with zero attached hydrogens (tertiary/aromatic N) is 4. The molecule has 0 radical (unpaired) electrons. The number of ether oxygens (including phenoxy) is 2.